The van der Waals surface area contributed by atoms with Gasteiger partial charge in [-0.2, -0.15) is 0 Å². The van der Waals surface area contributed by atoms with E-state index in [4.69, 9.17) is 0 Å². The first-order chi connectivity index (χ1) is 9.99. The summed E-state index contributed by atoms with van der Waals surface area (Å²) in [5.74, 6) is 0.711. The van der Waals surface area contributed by atoms with Crippen molar-refractivity contribution >= 4 is 11.4 Å². The number of hydrogen-bond donors (Lipinski definition) is 1. The van der Waals surface area contributed by atoms with Crippen LogP contribution in [0, 0.1) is 10.1 Å². The summed E-state index contributed by atoms with van der Waals surface area (Å²) in [6.07, 6.45) is -0.746. The molecule has 0 aliphatic heterocycles. The lowest BCUT2D eigenvalue weighted by Crippen LogP contribution is -2.10. The van der Waals surface area contributed by atoms with Crippen molar-refractivity contribution in [1.82, 2.24) is 14.8 Å². The normalized spacial score (nSPS) is 10.9. The molecule has 0 radical (unpaired) electrons. The molecule has 0 bridgehead atoms. The molecule has 7 nitrogen and oxygen atoms in total. The number of hydrogen-bond acceptors (Lipinski definition) is 5. The minimum absolute atomic E-state index is 0.178. The third kappa shape index (κ3) is 3.50. The molecule has 1 aromatic carbocycles. The molecule has 1 heterocycles. The van der Waals surface area contributed by atoms with Crippen LogP contribution in [0.15, 0.2) is 24.5 Å². The predicted octanol–water partition coefficient (Wildman–Crippen LogP) is 2.32. The first kappa shape index (κ1) is 14.8. The molecule has 1 N–H and O–H groups in total. The Balaban J connectivity index is 2.08. The number of nitrogens with one attached hydrogen (secondary N) is 1. The van der Waals surface area contributed by atoms with Crippen LogP contribution in [0.25, 0.3) is 0 Å². The molecule has 0 unspecified atom stereocenters. The lowest BCUT2D eigenvalue weighted by atomic mass is 10.1. The molecular formula is C12H13F2N5O2. The van der Waals surface area contributed by atoms with Gasteiger partial charge in [-0.05, 0) is 6.07 Å². The average Bonchev–Trinajstić information content (AvgIpc) is 2.84. The summed E-state index contributed by atoms with van der Waals surface area (Å²) in [6.45, 7) is 0.365. The second-order valence-electron chi connectivity index (χ2n) is 4.36. The van der Waals surface area contributed by atoms with E-state index in [1.165, 1.54) is 12.1 Å². The van der Waals surface area contributed by atoms with E-state index in [2.05, 4.69) is 15.5 Å². The zero-order valence-electron chi connectivity index (χ0n) is 11.2. The largest absolute Gasteiger partial charge is 0.384 e. The Morgan fingerprint density at radius 2 is 2.24 bits per heavy atom. The average molecular weight is 297 g/mol. The standard InChI is InChI=1S/C12H13F2N5O2/c1-18-7-16-17-11(18)4-5-15-10-3-2-8(19(20)21)6-9(10)12(13)14/h2-3,6-7,12,15H,4-5H2,1H3. The van der Waals surface area contributed by atoms with Crippen molar-refractivity contribution in [3.05, 3.63) is 46.0 Å². The Morgan fingerprint density at radius 3 is 2.81 bits per heavy atom. The Morgan fingerprint density at radius 1 is 1.48 bits per heavy atom. The number of halogens is 2. The van der Waals surface area contributed by atoms with Crippen LogP contribution >= 0.6 is 0 Å². The summed E-state index contributed by atoms with van der Waals surface area (Å²) in [6, 6.07) is 3.36. The van der Waals surface area contributed by atoms with E-state index in [1.807, 2.05) is 0 Å². The number of nitro benzene ring substituents is 1. The summed E-state index contributed by atoms with van der Waals surface area (Å²) in [4.78, 5) is 9.92. The summed E-state index contributed by atoms with van der Waals surface area (Å²) < 4.78 is 27.6. The number of non-ortho nitro benzene ring substituents is 1. The molecular weight excluding hydrogens is 284 g/mol. The van der Waals surface area contributed by atoms with Crippen LogP contribution in [0.4, 0.5) is 20.2 Å². The fourth-order valence-electron chi connectivity index (χ4n) is 1.85. The molecule has 0 fully saturated rings. The highest BCUT2D eigenvalue weighted by atomic mass is 19.3. The predicted molar refractivity (Wildman–Crippen MR) is 71.3 cm³/mol. The number of aromatic nitrogens is 3. The van der Waals surface area contributed by atoms with E-state index in [1.54, 1.807) is 17.9 Å². The molecule has 0 atom stereocenters. The van der Waals surface area contributed by atoms with Crippen LogP contribution in [0.5, 0.6) is 0 Å². The van der Waals surface area contributed by atoms with E-state index < -0.39 is 11.3 Å². The van der Waals surface area contributed by atoms with Gasteiger partial charge in [0, 0.05) is 43.4 Å². The number of alkyl halides is 2. The Kier molecular flexibility index (Phi) is 4.41. The second-order valence-corrected chi connectivity index (χ2v) is 4.36. The van der Waals surface area contributed by atoms with Crippen molar-refractivity contribution in [3.63, 3.8) is 0 Å². The Labute approximate surface area is 118 Å². The van der Waals surface area contributed by atoms with Gasteiger partial charge in [0.25, 0.3) is 12.1 Å². The van der Waals surface area contributed by atoms with Gasteiger partial charge in [0.15, 0.2) is 0 Å². The van der Waals surface area contributed by atoms with Crippen LogP contribution < -0.4 is 5.32 Å². The number of rotatable bonds is 6. The smallest absolute Gasteiger partial charge is 0.270 e. The van der Waals surface area contributed by atoms with Crippen LogP contribution in [0.3, 0.4) is 0 Å². The van der Waals surface area contributed by atoms with Gasteiger partial charge >= 0.3 is 0 Å². The first-order valence-corrected chi connectivity index (χ1v) is 6.12. The van der Waals surface area contributed by atoms with E-state index >= 15 is 0 Å². The van der Waals surface area contributed by atoms with Gasteiger partial charge in [-0.15, -0.1) is 10.2 Å². The van der Waals surface area contributed by atoms with Crippen molar-refractivity contribution in [3.8, 4) is 0 Å². The quantitative estimate of drug-likeness (QED) is 0.653. The van der Waals surface area contributed by atoms with Crippen molar-refractivity contribution in [2.24, 2.45) is 7.05 Å². The van der Waals surface area contributed by atoms with Gasteiger partial charge in [-0.3, -0.25) is 10.1 Å². The summed E-state index contributed by atoms with van der Waals surface area (Å²) in [5, 5.41) is 21.1. The number of aryl methyl sites for hydroxylation is 1. The number of anilines is 1. The Hall–Kier alpha value is -2.58. The van der Waals surface area contributed by atoms with Gasteiger partial charge in [0.05, 0.1) is 4.92 Å². The molecule has 112 valence electrons. The minimum atomic E-state index is -2.79. The van der Waals surface area contributed by atoms with E-state index in [0.29, 0.717) is 18.8 Å². The third-order valence-electron chi connectivity index (χ3n) is 2.95. The zero-order valence-corrected chi connectivity index (χ0v) is 11.2. The summed E-state index contributed by atoms with van der Waals surface area (Å²) in [7, 11) is 1.78. The van der Waals surface area contributed by atoms with Crippen molar-refractivity contribution in [1.29, 1.82) is 0 Å². The lowest BCUT2D eigenvalue weighted by molar-refractivity contribution is -0.385. The molecule has 0 spiro atoms. The van der Waals surface area contributed by atoms with Crippen LogP contribution in [-0.4, -0.2) is 26.2 Å². The lowest BCUT2D eigenvalue weighted by Gasteiger charge is -2.11. The molecule has 21 heavy (non-hydrogen) atoms. The molecule has 2 rings (SSSR count). The molecule has 0 saturated carbocycles. The van der Waals surface area contributed by atoms with Gasteiger partial charge in [0.2, 0.25) is 0 Å². The number of benzene rings is 1. The van der Waals surface area contributed by atoms with E-state index in [-0.39, 0.29) is 16.9 Å². The maximum atomic E-state index is 12.9. The summed E-state index contributed by atoms with van der Waals surface area (Å²) >= 11 is 0. The number of nitro groups is 1. The van der Waals surface area contributed by atoms with Crippen molar-refractivity contribution < 1.29 is 13.7 Å². The fourth-order valence-corrected chi connectivity index (χ4v) is 1.85. The third-order valence-corrected chi connectivity index (χ3v) is 2.95. The molecule has 0 aliphatic rings. The van der Waals surface area contributed by atoms with E-state index in [9.17, 15) is 18.9 Å². The second kappa shape index (κ2) is 6.25. The molecule has 2 aromatic rings. The molecule has 0 aliphatic carbocycles. The molecule has 9 heteroatoms. The highest BCUT2D eigenvalue weighted by Gasteiger charge is 2.17. The molecule has 0 saturated heterocycles. The minimum Gasteiger partial charge on any atom is -0.384 e. The first-order valence-electron chi connectivity index (χ1n) is 6.12. The van der Waals surface area contributed by atoms with Crippen LogP contribution in [0.1, 0.15) is 17.8 Å². The maximum absolute atomic E-state index is 12.9. The molecule has 1 aromatic heterocycles. The maximum Gasteiger partial charge on any atom is 0.270 e. The number of nitrogens with zero attached hydrogens (tertiary/aromatic N) is 4. The van der Waals surface area contributed by atoms with E-state index in [0.717, 1.165) is 6.07 Å². The van der Waals surface area contributed by atoms with Gasteiger partial charge < -0.3 is 9.88 Å². The van der Waals surface area contributed by atoms with Gasteiger partial charge in [-0.1, -0.05) is 0 Å². The topological polar surface area (TPSA) is 85.9 Å². The molecule has 0 amide bonds. The highest BCUT2D eigenvalue weighted by Crippen LogP contribution is 2.30. The van der Waals surface area contributed by atoms with Gasteiger partial charge in [-0.25, -0.2) is 8.78 Å². The Bertz CT molecular complexity index is 644. The van der Waals surface area contributed by atoms with Crippen molar-refractivity contribution in [2.75, 3.05) is 11.9 Å². The summed E-state index contributed by atoms with van der Waals surface area (Å²) in [5.41, 5.74) is -0.566. The highest BCUT2D eigenvalue weighted by molar-refractivity contribution is 5.56. The van der Waals surface area contributed by atoms with Crippen molar-refractivity contribution in [2.45, 2.75) is 12.8 Å². The fraction of sp³-hybridized carbons (Fsp3) is 0.333. The SMILES string of the molecule is Cn1cnnc1CCNc1ccc([N+](=O)[O-])cc1C(F)F. The van der Waals surface area contributed by atoms with Gasteiger partial charge in [0.1, 0.15) is 12.2 Å². The zero-order chi connectivity index (χ0) is 15.4. The van der Waals surface area contributed by atoms with Crippen LogP contribution in [0.2, 0.25) is 0 Å². The van der Waals surface area contributed by atoms with Crippen LogP contribution in [-0.2, 0) is 13.5 Å². The monoisotopic (exact) mass is 297 g/mol.